The molecule has 0 aliphatic carbocycles. The van der Waals surface area contributed by atoms with E-state index in [1.807, 2.05) is 0 Å². The third-order valence-corrected chi connectivity index (χ3v) is 1.63. The molecule has 5 nitrogen and oxygen atoms in total. The van der Waals surface area contributed by atoms with Gasteiger partial charge >= 0.3 is 6.09 Å². The quantitative estimate of drug-likeness (QED) is 0.480. The number of amides is 1. The van der Waals surface area contributed by atoms with Crippen LogP contribution in [0.5, 0.6) is 0 Å². The van der Waals surface area contributed by atoms with Crippen molar-refractivity contribution in [3.63, 3.8) is 0 Å². The van der Waals surface area contributed by atoms with Gasteiger partial charge in [-0.2, -0.15) is 0 Å². The standard InChI is InChI=1S/C6H11NO4/c8-5-1-2-11-3-4(5)7-6(9)10/h4-5,7-8H,1-3H2,(H,9,10)/t4-,5-/m1/s1. The van der Waals surface area contributed by atoms with Crippen molar-refractivity contribution in [2.45, 2.75) is 18.6 Å². The lowest BCUT2D eigenvalue weighted by Crippen LogP contribution is -2.48. The third kappa shape index (κ3) is 2.36. The number of nitrogens with one attached hydrogen (secondary N) is 1. The van der Waals surface area contributed by atoms with Gasteiger partial charge in [-0.3, -0.25) is 0 Å². The summed E-state index contributed by atoms with van der Waals surface area (Å²) < 4.78 is 4.97. The molecule has 1 saturated heterocycles. The van der Waals surface area contributed by atoms with Crippen LogP contribution in [0.25, 0.3) is 0 Å². The second kappa shape index (κ2) is 3.54. The Morgan fingerprint density at radius 1 is 1.64 bits per heavy atom. The first-order chi connectivity index (χ1) is 5.20. The monoisotopic (exact) mass is 161 g/mol. The highest BCUT2D eigenvalue weighted by Crippen LogP contribution is 2.06. The second-order valence-corrected chi connectivity index (χ2v) is 2.49. The lowest BCUT2D eigenvalue weighted by Gasteiger charge is -2.27. The van der Waals surface area contributed by atoms with Gasteiger partial charge in [0.15, 0.2) is 0 Å². The van der Waals surface area contributed by atoms with Gasteiger partial charge < -0.3 is 20.3 Å². The minimum Gasteiger partial charge on any atom is -0.465 e. The van der Waals surface area contributed by atoms with Crippen LogP contribution in [0.2, 0.25) is 0 Å². The topological polar surface area (TPSA) is 78.8 Å². The molecule has 1 aliphatic heterocycles. The van der Waals surface area contributed by atoms with Crippen LogP contribution in [-0.2, 0) is 4.74 Å². The highest BCUT2D eigenvalue weighted by molar-refractivity contribution is 5.64. The van der Waals surface area contributed by atoms with Crippen LogP contribution in [0.1, 0.15) is 6.42 Å². The lowest BCUT2D eigenvalue weighted by atomic mass is 10.1. The van der Waals surface area contributed by atoms with Gasteiger partial charge in [0.1, 0.15) is 0 Å². The van der Waals surface area contributed by atoms with Crippen molar-refractivity contribution < 1.29 is 19.7 Å². The SMILES string of the molecule is O=C(O)N[C@@H]1COCC[C@H]1O. The van der Waals surface area contributed by atoms with Gasteiger partial charge in [-0.15, -0.1) is 0 Å². The maximum Gasteiger partial charge on any atom is 0.405 e. The van der Waals surface area contributed by atoms with Crippen LogP contribution in [-0.4, -0.2) is 41.7 Å². The zero-order valence-electron chi connectivity index (χ0n) is 5.99. The highest BCUT2D eigenvalue weighted by Gasteiger charge is 2.24. The lowest BCUT2D eigenvalue weighted by molar-refractivity contribution is -0.0139. The zero-order chi connectivity index (χ0) is 8.27. The maximum atomic E-state index is 10.1. The molecule has 2 atom stereocenters. The van der Waals surface area contributed by atoms with Crippen LogP contribution >= 0.6 is 0 Å². The number of hydrogen-bond acceptors (Lipinski definition) is 3. The van der Waals surface area contributed by atoms with Crippen LogP contribution in [0.3, 0.4) is 0 Å². The number of rotatable bonds is 1. The number of aliphatic hydroxyl groups excluding tert-OH is 1. The number of carboxylic acid groups (broad SMARTS) is 1. The average molecular weight is 161 g/mol. The van der Waals surface area contributed by atoms with Crippen LogP contribution < -0.4 is 5.32 Å². The minimum absolute atomic E-state index is 0.257. The van der Waals surface area contributed by atoms with Gasteiger partial charge in [0.25, 0.3) is 0 Å². The average Bonchev–Trinajstić information content (AvgIpc) is 1.93. The highest BCUT2D eigenvalue weighted by atomic mass is 16.5. The van der Waals surface area contributed by atoms with Gasteiger partial charge in [0, 0.05) is 6.61 Å². The molecule has 0 spiro atoms. The van der Waals surface area contributed by atoms with E-state index in [2.05, 4.69) is 5.32 Å². The Hall–Kier alpha value is -0.810. The smallest absolute Gasteiger partial charge is 0.405 e. The van der Waals surface area contributed by atoms with Crippen LogP contribution in [0.15, 0.2) is 0 Å². The van der Waals surface area contributed by atoms with Gasteiger partial charge in [0.05, 0.1) is 18.8 Å². The van der Waals surface area contributed by atoms with E-state index < -0.39 is 18.2 Å². The van der Waals surface area contributed by atoms with E-state index in [-0.39, 0.29) is 6.61 Å². The first-order valence-corrected chi connectivity index (χ1v) is 3.45. The molecular weight excluding hydrogens is 150 g/mol. The van der Waals surface area contributed by atoms with E-state index in [4.69, 9.17) is 9.84 Å². The summed E-state index contributed by atoms with van der Waals surface area (Å²) in [5.74, 6) is 0. The molecule has 1 heterocycles. The van der Waals surface area contributed by atoms with Crippen molar-refractivity contribution in [1.82, 2.24) is 5.32 Å². The van der Waals surface area contributed by atoms with Gasteiger partial charge in [-0.25, -0.2) is 4.79 Å². The Morgan fingerprint density at radius 3 is 2.91 bits per heavy atom. The van der Waals surface area contributed by atoms with E-state index >= 15 is 0 Å². The molecule has 11 heavy (non-hydrogen) atoms. The van der Waals surface area contributed by atoms with Gasteiger partial charge in [0.2, 0.25) is 0 Å². The Labute approximate surface area is 64.0 Å². The molecule has 0 aromatic carbocycles. The Balaban J connectivity index is 2.35. The van der Waals surface area contributed by atoms with E-state index in [0.717, 1.165) is 0 Å². The molecule has 0 aromatic heterocycles. The fraction of sp³-hybridized carbons (Fsp3) is 0.833. The zero-order valence-corrected chi connectivity index (χ0v) is 5.99. The second-order valence-electron chi connectivity index (χ2n) is 2.49. The number of hydrogen-bond donors (Lipinski definition) is 3. The summed E-state index contributed by atoms with van der Waals surface area (Å²) in [6.07, 6.45) is -1.25. The number of aliphatic hydroxyl groups is 1. The summed E-state index contributed by atoms with van der Waals surface area (Å²) in [5, 5.41) is 19.7. The molecule has 0 saturated carbocycles. The molecule has 1 rings (SSSR count). The molecule has 1 fully saturated rings. The van der Waals surface area contributed by atoms with Crippen molar-refractivity contribution in [3.8, 4) is 0 Å². The summed E-state index contributed by atoms with van der Waals surface area (Å²) >= 11 is 0. The molecular formula is C6H11NO4. The first kappa shape index (κ1) is 8.29. The van der Waals surface area contributed by atoms with Gasteiger partial charge in [-0.1, -0.05) is 0 Å². The van der Waals surface area contributed by atoms with Gasteiger partial charge in [-0.05, 0) is 6.42 Å². The molecule has 64 valence electrons. The number of ether oxygens (including phenoxy) is 1. The molecule has 0 bridgehead atoms. The summed E-state index contributed by atoms with van der Waals surface area (Å²) in [6, 6.07) is -0.471. The predicted octanol–water partition coefficient (Wildman–Crippen LogP) is -0.596. The summed E-state index contributed by atoms with van der Waals surface area (Å²) in [4.78, 5) is 10.1. The van der Waals surface area contributed by atoms with E-state index in [9.17, 15) is 9.90 Å². The Morgan fingerprint density at radius 2 is 2.36 bits per heavy atom. The minimum atomic E-state index is -1.13. The Bertz CT molecular complexity index is 150. The summed E-state index contributed by atoms with van der Waals surface area (Å²) in [5.41, 5.74) is 0. The molecule has 5 heteroatoms. The van der Waals surface area contributed by atoms with Crippen LogP contribution in [0.4, 0.5) is 4.79 Å². The molecule has 0 unspecified atom stereocenters. The summed E-state index contributed by atoms with van der Waals surface area (Å²) in [6.45, 7) is 0.756. The van der Waals surface area contributed by atoms with Crippen molar-refractivity contribution >= 4 is 6.09 Å². The van der Waals surface area contributed by atoms with Crippen molar-refractivity contribution in [1.29, 1.82) is 0 Å². The molecule has 1 aliphatic rings. The summed E-state index contributed by atoms with van der Waals surface area (Å²) in [7, 11) is 0. The molecule has 0 radical (unpaired) electrons. The maximum absolute atomic E-state index is 10.1. The third-order valence-electron chi connectivity index (χ3n) is 1.63. The van der Waals surface area contributed by atoms with E-state index in [1.54, 1.807) is 0 Å². The van der Waals surface area contributed by atoms with E-state index in [1.165, 1.54) is 0 Å². The van der Waals surface area contributed by atoms with E-state index in [0.29, 0.717) is 13.0 Å². The fourth-order valence-electron chi connectivity index (χ4n) is 1.02. The van der Waals surface area contributed by atoms with Crippen molar-refractivity contribution in [3.05, 3.63) is 0 Å². The fourth-order valence-corrected chi connectivity index (χ4v) is 1.02. The normalized spacial score (nSPS) is 31.4. The molecule has 1 amide bonds. The van der Waals surface area contributed by atoms with Crippen molar-refractivity contribution in [2.75, 3.05) is 13.2 Å². The van der Waals surface area contributed by atoms with Crippen LogP contribution in [0, 0.1) is 0 Å². The number of carbonyl (C=O) groups is 1. The van der Waals surface area contributed by atoms with Crippen molar-refractivity contribution in [2.24, 2.45) is 0 Å². The molecule has 0 aromatic rings. The molecule has 3 N–H and O–H groups in total. The Kier molecular flexibility index (Phi) is 2.67. The predicted molar refractivity (Wildman–Crippen MR) is 36.4 cm³/mol. The first-order valence-electron chi connectivity index (χ1n) is 3.45. The largest absolute Gasteiger partial charge is 0.465 e.